The van der Waals surface area contributed by atoms with Crippen molar-refractivity contribution in [2.75, 3.05) is 7.05 Å². The third-order valence-corrected chi connectivity index (χ3v) is 4.32. The van der Waals surface area contributed by atoms with Crippen LogP contribution in [0.3, 0.4) is 0 Å². The van der Waals surface area contributed by atoms with Gasteiger partial charge in [-0.15, -0.1) is 0 Å². The largest absolute Gasteiger partial charge is 0.492 e. The highest BCUT2D eigenvalue weighted by Gasteiger charge is 2.29. The van der Waals surface area contributed by atoms with Gasteiger partial charge in [0.1, 0.15) is 5.65 Å². The molecular weight excluding hydrogens is 366 g/mol. The van der Waals surface area contributed by atoms with Crippen LogP contribution < -0.4 is 10.9 Å². The lowest BCUT2D eigenvalue weighted by Gasteiger charge is -2.15. The summed E-state index contributed by atoms with van der Waals surface area (Å²) in [5, 5.41) is 26.9. The number of likely N-dealkylation sites (N-methyl/N-ethyl adjacent to an activating group) is 1. The van der Waals surface area contributed by atoms with Crippen LogP contribution in [0.1, 0.15) is 42.6 Å². The van der Waals surface area contributed by atoms with E-state index in [0.29, 0.717) is 10.6 Å². The molecule has 0 aliphatic heterocycles. The van der Waals surface area contributed by atoms with Gasteiger partial charge in [-0.1, -0.05) is 13.8 Å². The van der Waals surface area contributed by atoms with E-state index < -0.39 is 23.3 Å². The molecule has 2 heterocycles. The molecule has 0 unspecified atom stereocenters. The number of hydrogen-bond donors (Lipinski definition) is 3. The summed E-state index contributed by atoms with van der Waals surface area (Å²) < 4.78 is 2.48. The first-order valence-electron chi connectivity index (χ1n) is 8.99. The van der Waals surface area contributed by atoms with Crippen LogP contribution in [0.25, 0.3) is 11.7 Å². The first-order valence-corrected chi connectivity index (χ1v) is 8.99. The number of carbonyl (C=O) groups is 2. The van der Waals surface area contributed by atoms with Crippen LogP contribution in [0, 0.1) is 5.92 Å². The molecule has 28 heavy (non-hydrogen) atoms. The molecule has 3 N–H and O–H groups in total. The van der Waals surface area contributed by atoms with Gasteiger partial charge in [0.2, 0.25) is 5.88 Å². The molecule has 10 heteroatoms. The number of fused-ring (bicyclic) bond motifs is 1. The number of nitrogens with one attached hydrogen (secondary N) is 1. The minimum absolute atomic E-state index is 0.0261. The highest BCUT2D eigenvalue weighted by atomic mass is 16.5. The Kier molecular flexibility index (Phi) is 5.23. The van der Waals surface area contributed by atoms with Gasteiger partial charge >= 0.3 is 0 Å². The molecule has 0 atom stereocenters. The molecule has 1 fully saturated rings. The van der Waals surface area contributed by atoms with Crippen LogP contribution in [0.2, 0.25) is 0 Å². The van der Waals surface area contributed by atoms with Crippen molar-refractivity contribution in [3.63, 3.8) is 0 Å². The van der Waals surface area contributed by atoms with Crippen molar-refractivity contribution in [2.45, 2.75) is 39.3 Å². The molecule has 1 aliphatic carbocycles. The number of rotatable bonds is 6. The highest BCUT2D eigenvalue weighted by Crippen LogP contribution is 2.23. The van der Waals surface area contributed by atoms with Gasteiger partial charge in [-0.05, 0) is 24.8 Å². The zero-order valence-electron chi connectivity index (χ0n) is 15.9. The Morgan fingerprint density at radius 3 is 2.68 bits per heavy atom. The summed E-state index contributed by atoms with van der Waals surface area (Å²) in [6.07, 6.45) is 5.57. The number of hydrogen-bond acceptors (Lipinski definition) is 6. The second-order valence-corrected chi connectivity index (χ2v) is 7.29. The van der Waals surface area contributed by atoms with Crippen LogP contribution in [0.4, 0.5) is 0 Å². The highest BCUT2D eigenvalue weighted by molar-refractivity contribution is 5.97. The van der Waals surface area contributed by atoms with Crippen LogP contribution in [-0.2, 0) is 11.3 Å². The van der Waals surface area contributed by atoms with E-state index >= 15 is 0 Å². The Labute approximate surface area is 160 Å². The minimum atomic E-state index is -0.665. The normalized spacial score (nSPS) is 14.2. The topological polar surface area (TPSA) is 129 Å². The second kappa shape index (κ2) is 7.47. The van der Waals surface area contributed by atoms with Crippen LogP contribution >= 0.6 is 0 Å². The Morgan fingerprint density at radius 1 is 1.43 bits per heavy atom. The Bertz CT molecular complexity index is 1010. The van der Waals surface area contributed by atoms with Crippen molar-refractivity contribution in [1.29, 1.82) is 0 Å². The summed E-state index contributed by atoms with van der Waals surface area (Å²) in [5.74, 6) is -1.78. The van der Waals surface area contributed by atoms with Gasteiger partial charge in [0.15, 0.2) is 5.56 Å². The van der Waals surface area contributed by atoms with E-state index in [1.807, 2.05) is 13.8 Å². The predicted molar refractivity (Wildman–Crippen MR) is 100 cm³/mol. The van der Waals surface area contributed by atoms with Gasteiger partial charge in [0.05, 0.1) is 6.20 Å². The lowest BCUT2D eigenvalue weighted by molar-refractivity contribution is -0.153. The van der Waals surface area contributed by atoms with Crippen molar-refractivity contribution in [3.05, 3.63) is 33.8 Å². The minimum Gasteiger partial charge on any atom is -0.492 e. The maximum Gasteiger partial charge on any atom is 0.270 e. The number of carbonyl (C=O) groups excluding carboxylic acids is 2. The van der Waals surface area contributed by atoms with E-state index in [1.54, 1.807) is 0 Å². The molecule has 1 saturated carbocycles. The quantitative estimate of drug-likeness (QED) is 0.377. The monoisotopic (exact) mass is 389 g/mol. The molecule has 3 rings (SSSR count). The molecule has 0 spiro atoms. The van der Waals surface area contributed by atoms with Gasteiger partial charge in [-0.3, -0.25) is 24.2 Å². The standard InChI is InChI=1S/C18H23N5O5/c1-10(2)9-22-16-11(4-7-13(24)21(3)28)8-19-23(16)18(27)14(17(22)26)15(25)20-12-5-6-12/h4,7-8,10,12,27-28H,5-6,9H2,1-3H3,(H,20,25). The van der Waals surface area contributed by atoms with E-state index in [1.165, 1.54) is 23.9 Å². The summed E-state index contributed by atoms with van der Waals surface area (Å²) in [5.41, 5.74) is -0.344. The fraction of sp³-hybridized carbons (Fsp3) is 0.444. The average molecular weight is 389 g/mol. The lowest BCUT2D eigenvalue weighted by atomic mass is 10.2. The SMILES string of the molecule is CC(C)Cn1c(=O)c(C(=O)NC2CC2)c(O)n2ncc(C=CC(=O)N(C)O)c12. The summed E-state index contributed by atoms with van der Waals surface area (Å²) in [6, 6.07) is 0.0261. The molecular formula is C18H23N5O5. The van der Waals surface area contributed by atoms with Crippen molar-refractivity contribution >= 4 is 23.5 Å². The molecule has 0 radical (unpaired) electrons. The van der Waals surface area contributed by atoms with E-state index in [9.17, 15) is 24.7 Å². The molecule has 0 bridgehead atoms. The van der Waals surface area contributed by atoms with Gasteiger partial charge in [-0.2, -0.15) is 9.61 Å². The van der Waals surface area contributed by atoms with Gasteiger partial charge in [0.25, 0.3) is 17.4 Å². The van der Waals surface area contributed by atoms with Crippen molar-refractivity contribution in [3.8, 4) is 5.88 Å². The molecule has 2 aromatic rings. The first kappa shape index (κ1) is 19.6. The molecule has 2 amide bonds. The van der Waals surface area contributed by atoms with Gasteiger partial charge in [0, 0.05) is 31.3 Å². The van der Waals surface area contributed by atoms with E-state index in [4.69, 9.17) is 0 Å². The molecule has 2 aromatic heterocycles. The maximum absolute atomic E-state index is 13.0. The second-order valence-electron chi connectivity index (χ2n) is 7.29. The van der Waals surface area contributed by atoms with Gasteiger partial charge in [-0.25, -0.2) is 5.06 Å². The number of aromatic nitrogens is 3. The van der Waals surface area contributed by atoms with Gasteiger partial charge < -0.3 is 10.4 Å². The number of hydroxylamine groups is 2. The van der Waals surface area contributed by atoms with Crippen molar-refractivity contribution in [2.24, 2.45) is 5.92 Å². The first-order chi connectivity index (χ1) is 13.2. The number of aromatic hydroxyl groups is 1. The number of nitrogens with zero attached hydrogens (tertiary/aromatic N) is 4. The summed E-state index contributed by atoms with van der Waals surface area (Å²) in [4.78, 5) is 37.2. The summed E-state index contributed by atoms with van der Waals surface area (Å²) in [7, 11) is 1.19. The third-order valence-electron chi connectivity index (χ3n) is 4.32. The number of amides is 2. The lowest BCUT2D eigenvalue weighted by Crippen LogP contribution is -2.36. The Balaban J connectivity index is 2.18. The van der Waals surface area contributed by atoms with Crippen LogP contribution in [-0.4, -0.2) is 54.5 Å². The third kappa shape index (κ3) is 3.77. The Morgan fingerprint density at radius 2 is 2.11 bits per heavy atom. The van der Waals surface area contributed by atoms with E-state index in [2.05, 4.69) is 10.4 Å². The fourth-order valence-electron chi connectivity index (χ4n) is 2.82. The zero-order chi connectivity index (χ0) is 20.6. The summed E-state index contributed by atoms with van der Waals surface area (Å²) in [6.45, 7) is 4.11. The van der Waals surface area contributed by atoms with Crippen LogP contribution in [0.5, 0.6) is 5.88 Å². The molecule has 1 aliphatic rings. The maximum atomic E-state index is 13.0. The molecule has 0 saturated heterocycles. The molecule has 10 nitrogen and oxygen atoms in total. The average Bonchev–Trinajstić information content (AvgIpc) is 3.32. The van der Waals surface area contributed by atoms with E-state index in [-0.39, 0.29) is 29.7 Å². The zero-order valence-corrected chi connectivity index (χ0v) is 15.9. The van der Waals surface area contributed by atoms with Crippen molar-refractivity contribution in [1.82, 2.24) is 24.6 Å². The smallest absolute Gasteiger partial charge is 0.270 e. The molecule has 0 aromatic carbocycles. The summed E-state index contributed by atoms with van der Waals surface area (Å²) >= 11 is 0. The van der Waals surface area contributed by atoms with Crippen molar-refractivity contribution < 1.29 is 19.9 Å². The van der Waals surface area contributed by atoms with Crippen LogP contribution in [0.15, 0.2) is 17.1 Å². The molecule has 150 valence electrons. The Hall–Kier alpha value is -3.14. The predicted octanol–water partition coefficient (Wildman–Crippen LogP) is 0.611. The fourth-order valence-corrected chi connectivity index (χ4v) is 2.82. The van der Waals surface area contributed by atoms with E-state index in [0.717, 1.165) is 23.4 Å².